The topological polar surface area (TPSA) is 82.1 Å². The molecule has 6 nitrogen and oxygen atoms in total. The number of H-pyrrole nitrogens is 1. The number of aromatic amines is 1. The summed E-state index contributed by atoms with van der Waals surface area (Å²) in [6, 6.07) is 0. The highest BCUT2D eigenvalue weighted by Crippen LogP contribution is 2.38. The number of imidazole rings is 1. The van der Waals surface area contributed by atoms with Crippen LogP contribution in [0.15, 0.2) is 53.9 Å². The van der Waals surface area contributed by atoms with Crippen molar-refractivity contribution in [2.45, 2.75) is 97.6 Å². The van der Waals surface area contributed by atoms with Gasteiger partial charge in [-0.2, -0.15) is 0 Å². The molecule has 1 aromatic rings. The molecule has 0 saturated heterocycles. The van der Waals surface area contributed by atoms with Crippen molar-refractivity contribution in [2.75, 3.05) is 13.6 Å². The van der Waals surface area contributed by atoms with Crippen molar-refractivity contribution in [3.63, 3.8) is 0 Å². The Labute approximate surface area is 234 Å². The van der Waals surface area contributed by atoms with E-state index in [2.05, 4.69) is 35.8 Å². The summed E-state index contributed by atoms with van der Waals surface area (Å²) < 4.78 is 20.6. The summed E-state index contributed by atoms with van der Waals surface area (Å²) in [4.78, 5) is 23.5. The number of carbonyl (C=O) groups is 1. The molecule has 3 unspecified atom stereocenters. The number of nitrogens with one attached hydrogen (secondary N) is 2. The lowest BCUT2D eigenvalue weighted by atomic mass is 9.86. The van der Waals surface area contributed by atoms with Gasteiger partial charge < -0.3 is 15.1 Å². The van der Waals surface area contributed by atoms with E-state index in [9.17, 15) is 9.18 Å². The Hall–Kier alpha value is -2.80. The molecule has 39 heavy (non-hydrogen) atoms. The maximum atomic E-state index is 14.3. The highest BCUT2D eigenvalue weighted by atomic mass is 19.1. The highest BCUT2D eigenvalue weighted by molar-refractivity contribution is 5.98. The van der Waals surface area contributed by atoms with Crippen LogP contribution in [0.1, 0.15) is 96.4 Å². The summed E-state index contributed by atoms with van der Waals surface area (Å²) in [5.41, 5.74) is 2.91. The van der Waals surface area contributed by atoms with Crippen molar-refractivity contribution in [1.29, 1.82) is 5.41 Å². The van der Waals surface area contributed by atoms with Gasteiger partial charge in [0, 0.05) is 35.7 Å². The quantitative estimate of drug-likeness (QED) is 0.178. The Morgan fingerprint density at radius 2 is 2.05 bits per heavy atom. The maximum Gasteiger partial charge on any atom is 0.199 e. The molecule has 7 heteroatoms. The van der Waals surface area contributed by atoms with Crippen molar-refractivity contribution < 1.29 is 13.9 Å². The number of Topliss-reactive ketones (excluding diaryl/α,β-unsaturated/α-hetero) is 1. The Morgan fingerprint density at radius 1 is 1.28 bits per heavy atom. The fourth-order valence-electron chi connectivity index (χ4n) is 5.12. The standard InChI is InChI=1S/C32H47FN4O2/c1-6-8-9-12-25(33)19-22(3)20-27(34)26(30-28(11-7-2)35-21-36-30)17-14-23(4)31(38)29-13-10-18-37(5)32(39-29)24-15-16-24/h9,12-13,19-21,23-24,26,32,34H,6-8,10-11,14-18H2,1-5H3,(H,35,36)/b12-9-,22-20+,25-19+,34-27?. The third-order valence-corrected chi connectivity index (χ3v) is 7.54. The molecule has 1 saturated carbocycles. The number of allylic oxidation sites excluding steroid dienone is 7. The number of rotatable bonds is 15. The van der Waals surface area contributed by atoms with E-state index >= 15 is 0 Å². The van der Waals surface area contributed by atoms with Crippen LogP contribution in [0, 0.1) is 17.2 Å². The molecule has 0 aromatic carbocycles. The zero-order chi connectivity index (χ0) is 28.4. The van der Waals surface area contributed by atoms with Crippen LogP contribution in [0.25, 0.3) is 0 Å². The average molecular weight is 539 g/mol. The minimum absolute atomic E-state index is 0.0186. The zero-order valence-electron chi connectivity index (χ0n) is 24.4. The minimum atomic E-state index is -0.320. The molecule has 2 heterocycles. The summed E-state index contributed by atoms with van der Waals surface area (Å²) in [7, 11) is 2.07. The zero-order valence-corrected chi connectivity index (χ0v) is 24.4. The molecular formula is C32H47FN4O2. The van der Waals surface area contributed by atoms with Gasteiger partial charge in [0.25, 0.3) is 0 Å². The number of hydrogen-bond acceptors (Lipinski definition) is 5. The van der Waals surface area contributed by atoms with E-state index in [1.54, 1.807) is 12.4 Å². The first-order valence-electron chi connectivity index (χ1n) is 14.7. The monoisotopic (exact) mass is 538 g/mol. The van der Waals surface area contributed by atoms with Gasteiger partial charge >= 0.3 is 0 Å². The van der Waals surface area contributed by atoms with Crippen LogP contribution in [-0.4, -0.2) is 46.2 Å². The third kappa shape index (κ3) is 9.13. The second kappa shape index (κ2) is 15.1. The van der Waals surface area contributed by atoms with E-state index in [0.29, 0.717) is 35.8 Å². The van der Waals surface area contributed by atoms with E-state index in [4.69, 9.17) is 10.1 Å². The fraction of sp³-hybridized carbons (Fsp3) is 0.594. The van der Waals surface area contributed by atoms with Gasteiger partial charge in [-0.25, -0.2) is 9.37 Å². The van der Waals surface area contributed by atoms with E-state index in [0.717, 1.165) is 62.9 Å². The number of unbranched alkanes of at least 4 members (excludes halogenated alkanes) is 1. The first kappa shape index (κ1) is 30.7. The molecule has 3 atom stereocenters. The van der Waals surface area contributed by atoms with Gasteiger partial charge in [0.2, 0.25) is 0 Å². The lowest BCUT2D eigenvalue weighted by molar-refractivity contribution is -0.126. The molecule has 1 fully saturated rings. The normalized spacial score (nSPS) is 20.9. The first-order chi connectivity index (χ1) is 18.7. The predicted octanol–water partition coefficient (Wildman–Crippen LogP) is 7.58. The number of ether oxygens (including phenoxy) is 1. The molecule has 1 aliphatic heterocycles. The van der Waals surface area contributed by atoms with Crippen molar-refractivity contribution >= 4 is 11.5 Å². The van der Waals surface area contributed by atoms with Crippen LogP contribution >= 0.6 is 0 Å². The Balaban J connectivity index is 1.74. The molecule has 0 bridgehead atoms. The van der Waals surface area contributed by atoms with E-state index < -0.39 is 0 Å². The van der Waals surface area contributed by atoms with Gasteiger partial charge in [-0.05, 0) is 88.8 Å². The number of hydrogen-bond donors (Lipinski definition) is 2. The van der Waals surface area contributed by atoms with Crippen LogP contribution in [0.2, 0.25) is 0 Å². The molecule has 0 radical (unpaired) electrons. The molecule has 3 rings (SSSR count). The Kier molecular flexibility index (Phi) is 11.9. The number of ketones is 1. The fourth-order valence-corrected chi connectivity index (χ4v) is 5.12. The van der Waals surface area contributed by atoms with Crippen LogP contribution in [0.3, 0.4) is 0 Å². The predicted molar refractivity (Wildman–Crippen MR) is 156 cm³/mol. The van der Waals surface area contributed by atoms with Gasteiger partial charge in [0.05, 0.1) is 12.0 Å². The van der Waals surface area contributed by atoms with Crippen LogP contribution in [0.4, 0.5) is 4.39 Å². The molecule has 1 aromatic heterocycles. The third-order valence-electron chi connectivity index (χ3n) is 7.54. The van der Waals surface area contributed by atoms with Gasteiger partial charge in [-0.1, -0.05) is 39.7 Å². The first-order valence-corrected chi connectivity index (χ1v) is 14.7. The molecule has 214 valence electrons. The van der Waals surface area contributed by atoms with Crippen molar-refractivity contribution in [2.24, 2.45) is 11.8 Å². The van der Waals surface area contributed by atoms with Crippen LogP contribution < -0.4 is 0 Å². The van der Waals surface area contributed by atoms with Gasteiger partial charge in [0.1, 0.15) is 5.83 Å². The molecule has 0 amide bonds. The lowest BCUT2D eigenvalue weighted by Gasteiger charge is -2.27. The molecular weight excluding hydrogens is 491 g/mol. The van der Waals surface area contributed by atoms with Gasteiger partial charge in [0.15, 0.2) is 17.8 Å². The van der Waals surface area contributed by atoms with Crippen molar-refractivity contribution in [3.8, 4) is 0 Å². The second-order valence-electron chi connectivity index (χ2n) is 11.2. The second-order valence-corrected chi connectivity index (χ2v) is 11.2. The SMILES string of the molecule is CCC\C=C/C(F)=C\C(C)=C\C(=N)C(CCC(C)C(=O)C1=CCCN(C)C(C2CC2)O1)c1nc[nH]c1CCC. The number of halogens is 1. The maximum absolute atomic E-state index is 14.3. The Bertz CT molecular complexity index is 1100. The summed E-state index contributed by atoms with van der Waals surface area (Å²) in [5.74, 6) is 0.192. The van der Waals surface area contributed by atoms with Gasteiger partial charge in [-0.3, -0.25) is 9.69 Å². The summed E-state index contributed by atoms with van der Waals surface area (Å²) in [6.07, 6.45) is 18.0. The van der Waals surface area contributed by atoms with Gasteiger partial charge in [-0.15, -0.1) is 0 Å². The highest BCUT2D eigenvalue weighted by Gasteiger charge is 2.38. The largest absolute Gasteiger partial charge is 0.471 e. The minimum Gasteiger partial charge on any atom is -0.471 e. The smallest absolute Gasteiger partial charge is 0.199 e. The number of carbonyl (C=O) groups excluding carboxylic acids is 1. The molecule has 0 spiro atoms. The molecule has 1 aliphatic carbocycles. The average Bonchev–Trinajstić information content (AvgIpc) is 3.67. The number of aryl methyl sites for hydroxylation is 1. The lowest BCUT2D eigenvalue weighted by Crippen LogP contribution is -2.36. The summed E-state index contributed by atoms with van der Waals surface area (Å²) in [6.45, 7) is 8.82. The van der Waals surface area contributed by atoms with Crippen LogP contribution in [-0.2, 0) is 16.0 Å². The molecule has 2 aliphatic rings. The van der Waals surface area contributed by atoms with Crippen LogP contribution in [0.5, 0.6) is 0 Å². The Morgan fingerprint density at radius 3 is 2.74 bits per heavy atom. The van der Waals surface area contributed by atoms with Crippen molar-refractivity contribution in [3.05, 3.63) is 65.3 Å². The van der Waals surface area contributed by atoms with E-state index in [-0.39, 0.29) is 29.7 Å². The van der Waals surface area contributed by atoms with Crippen molar-refractivity contribution in [1.82, 2.24) is 14.9 Å². The van der Waals surface area contributed by atoms with E-state index in [1.807, 2.05) is 26.0 Å². The van der Waals surface area contributed by atoms with E-state index in [1.165, 1.54) is 12.2 Å². The number of nitrogens with zero attached hydrogens (tertiary/aromatic N) is 2. The summed E-state index contributed by atoms with van der Waals surface area (Å²) >= 11 is 0. The number of aromatic nitrogens is 2. The molecule has 2 N–H and O–H groups in total. The summed E-state index contributed by atoms with van der Waals surface area (Å²) in [5, 5.41) is 8.95.